The number of carbonyl (C=O) groups is 1. The fourth-order valence-electron chi connectivity index (χ4n) is 5.16. The summed E-state index contributed by atoms with van der Waals surface area (Å²) < 4.78 is 40.1. The van der Waals surface area contributed by atoms with Crippen molar-refractivity contribution in [2.75, 3.05) is 57.9 Å². The Morgan fingerprint density at radius 3 is 2.50 bits per heavy atom. The molecule has 4 aromatic rings. The molecule has 3 heterocycles. The Morgan fingerprint density at radius 1 is 0.975 bits per heavy atom. The topological polar surface area (TPSA) is 101 Å². The number of hydrogen-bond acceptors (Lipinski definition) is 8. The molecule has 1 N–H and O–H groups in total. The molecule has 11 heteroatoms. The second-order valence-electron chi connectivity index (χ2n) is 10.1. The first-order chi connectivity index (χ1) is 19.5. The number of rotatable bonds is 8. The maximum atomic E-state index is 13.5. The molecular formula is C29H32N4O5S2. The summed E-state index contributed by atoms with van der Waals surface area (Å²) >= 11 is 1.26. The van der Waals surface area contributed by atoms with Crippen molar-refractivity contribution in [3.8, 4) is 5.75 Å². The molecule has 0 bridgehead atoms. The van der Waals surface area contributed by atoms with Crippen molar-refractivity contribution >= 4 is 53.4 Å². The van der Waals surface area contributed by atoms with Crippen molar-refractivity contribution in [1.29, 1.82) is 0 Å². The Labute approximate surface area is 237 Å². The van der Waals surface area contributed by atoms with Gasteiger partial charge in [-0.2, -0.15) is 4.31 Å². The van der Waals surface area contributed by atoms with Crippen LogP contribution in [0.25, 0.3) is 21.0 Å². The lowest BCUT2D eigenvalue weighted by Crippen LogP contribution is -2.38. The van der Waals surface area contributed by atoms with Gasteiger partial charge in [0.15, 0.2) is 5.13 Å². The Morgan fingerprint density at radius 2 is 1.73 bits per heavy atom. The third kappa shape index (κ3) is 5.84. The second kappa shape index (κ2) is 11.8. The van der Waals surface area contributed by atoms with Gasteiger partial charge < -0.3 is 9.47 Å². The number of piperidine rings is 1. The largest absolute Gasteiger partial charge is 0.491 e. The molecule has 2 fully saturated rings. The van der Waals surface area contributed by atoms with Crippen LogP contribution in [-0.4, -0.2) is 81.1 Å². The number of sulfonamides is 1. The monoisotopic (exact) mass is 580 g/mol. The van der Waals surface area contributed by atoms with Crippen molar-refractivity contribution < 1.29 is 22.7 Å². The van der Waals surface area contributed by atoms with Gasteiger partial charge in [-0.25, -0.2) is 13.4 Å². The Kier molecular flexibility index (Phi) is 7.99. The number of amides is 1. The molecular weight excluding hydrogens is 548 g/mol. The molecule has 2 aliphatic heterocycles. The first-order valence-corrected chi connectivity index (χ1v) is 15.9. The Balaban J connectivity index is 1.22. The number of nitrogens with one attached hydrogen (secondary N) is 1. The molecule has 0 saturated carbocycles. The van der Waals surface area contributed by atoms with E-state index in [9.17, 15) is 13.2 Å². The third-order valence-electron chi connectivity index (χ3n) is 7.39. The SMILES string of the molecule is O=C(Nc1nc2ccc(S(=O)(=O)N3CCCCC3)cc2s1)c1cc2ccccc2cc1OCCN1CCOCC1. The molecule has 1 aromatic heterocycles. The number of fused-ring (bicyclic) bond motifs is 2. The van der Waals surface area contributed by atoms with E-state index in [4.69, 9.17) is 9.47 Å². The fraction of sp³-hybridized carbons (Fsp3) is 0.379. The zero-order chi connectivity index (χ0) is 27.5. The number of benzene rings is 3. The number of morpholine rings is 1. The van der Waals surface area contributed by atoms with Gasteiger partial charge in [0.1, 0.15) is 12.4 Å². The smallest absolute Gasteiger partial charge is 0.261 e. The predicted molar refractivity (Wildman–Crippen MR) is 157 cm³/mol. The van der Waals surface area contributed by atoms with Gasteiger partial charge >= 0.3 is 0 Å². The minimum absolute atomic E-state index is 0.258. The minimum Gasteiger partial charge on any atom is -0.491 e. The number of ether oxygens (including phenoxy) is 2. The van der Waals surface area contributed by atoms with Crippen molar-refractivity contribution in [3.05, 3.63) is 60.2 Å². The van der Waals surface area contributed by atoms with E-state index >= 15 is 0 Å². The number of anilines is 1. The highest BCUT2D eigenvalue weighted by molar-refractivity contribution is 7.89. The Bertz CT molecular complexity index is 1630. The highest BCUT2D eigenvalue weighted by atomic mass is 32.2. The van der Waals surface area contributed by atoms with Crippen LogP contribution in [0.2, 0.25) is 0 Å². The fourth-order valence-corrected chi connectivity index (χ4v) is 7.68. The number of nitrogens with zero attached hydrogens (tertiary/aromatic N) is 3. The molecule has 6 rings (SSSR count). The first kappa shape index (κ1) is 27.1. The lowest BCUT2D eigenvalue weighted by molar-refractivity contribution is 0.0322. The molecule has 2 saturated heterocycles. The lowest BCUT2D eigenvalue weighted by Gasteiger charge is -2.26. The van der Waals surface area contributed by atoms with Crippen molar-refractivity contribution in [3.63, 3.8) is 0 Å². The molecule has 0 aliphatic carbocycles. The standard InChI is InChI=1S/C29H32N4O5S2/c34-28(24-18-21-6-2-3-7-22(21)19-26(24)38-17-14-32-12-15-37-16-13-32)31-29-30-25-9-8-23(20-27(25)39-29)40(35,36)33-10-4-1-5-11-33/h2-3,6-9,18-20H,1,4-5,10-17H2,(H,30,31,34). The molecule has 9 nitrogen and oxygen atoms in total. The average Bonchev–Trinajstić information content (AvgIpc) is 3.39. The zero-order valence-corrected chi connectivity index (χ0v) is 23.8. The molecule has 40 heavy (non-hydrogen) atoms. The summed E-state index contributed by atoms with van der Waals surface area (Å²) in [6.45, 7) is 5.47. The minimum atomic E-state index is -3.56. The summed E-state index contributed by atoms with van der Waals surface area (Å²) in [5.41, 5.74) is 1.06. The predicted octanol–water partition coefficient (Wildman–Crippen LogP) is 4.59. The highest BCUT2D eigenvalue weighted by Gasteiger charge is 2.26. The van der Waals surface area contributed by atoms with E-state index in [0.29, 0.717) is 46.4 Å². The van der Waals surface area contributed by atoms with E-state index < -0.39 is 10.0 Å². The number of carbonyl (C=O) groups excluding carboxylic acids is 1. The average molecular weight is 581 g/mol. The summed E-state index contributed by atoms with van der Waals surface area (Å²) in [6.07, 6.45) is 2.82. The molecule has 2 aliphatic rings. The molecule has 210 valence electrons. The third-order valence-corrected chi connectivity index (χ3v) is 10.2. The molecule has 0 atom stereocenters. The normalized spacial score (nSPS) is 17.3. The zero-order valence-electron chi connectivity index (χ0n) is 22.2. The van der Waals surface area contributed by atoms with Crippen LogP contribution in [0.4, 0.5) is 5.13 Å². The molecule has 0 spiro atoms. The lowest BCUT2D eigenvalue weighted by atomic mass is 10.1. The maximum absolute atomic E-state index is 13.5. The van der Waals surface area contributed by atoms with Gasteiger partial charge in [-0.15, -0.1) is 0 Å². The highest BCUT2D eigenvalue weighted by Crippen LogP contribution is 2.32. The number of aromatic nitrogens is 1. The summed E-state index contributed by atoms with van der Waals surface area (Å²) in [4.78, 5) is 20.6. The summed E-state index contributed by atoms with van der Waals surface area (Å²) in [6, 6.07) is 16.6. The molecule has 0 radical (unpaired) electrons. The van der Waals surface area contributed by atoms with Crippen molar-refractivity contribution in [1.82, 2.24) is 14.2 Å². The summed E-state index contributed by atoms with van der Waals surface area (Å²) in [7, 11) is -3.56. The van der Waals surface area contributed by atoms with Gasteiger partial charge in [-0.1, -0.05) is 42.0 Å². The van der Waals surface area contributed by atoms with Crippen LogP contribution in [0.1, 0.15) is 29.6 Å². The maximum Gasteiger partial charge on any atom is 0.261 e. The van der Waals surface area contributed by atoms with E-state index in [-0.39, 0.29) is 10.8 Å². The molecule has 3 aromatic carbocycles. The van der Waals surface area contributed by atoms with Gasteiger partial charge in [0, 0.05) is 32.7 Å². The second-order valence-corrected chi connectivity index (χ2v) is 13.0. The van der Waals surface area contributed by atoms with E-state index in [0.717, 1.165) is 62.9 Å². The van der Waals surface area contributed by atoms with Crippen LogP contribution in [0.3, 0.4) is 0 Å². The van der Waals surface area contributed by atoms with Crippen LogP contribution in [-0.2, 0) is 14.8 Å². The molecule has 0 unspecified atom stereocenters. The van der Waals surface area contributed by atoms with Gasteiger partial charge in [0.2, 0.25) is 10.0 Å². The van der Waals surface area contributed by atoms with Crippen molar-refractivity contribution in [2.24, 2.45) is 0 Å². The Hall–Kier alpha value is -3.09. The van der Waals surface area contributed by atoms with Gasteiger partial charge in [0.25, 0.3) is 5.91 Å². The van der Waals surface area contributed by atoms with Crippen molar-refractivity contribution in [2.45, 2.75) is 24.2 Å². The van der Waals surface area contributed by atoms with E-state index in [1.165, 1.54) is 11.3 Å². The van der Waals surface area contributed by atoms with E-state index in [1.54, 1.807) is 22.5 Å². The van der Waals surface area contributed by atoms with E-state index in [1.807, 2.05) is 36.4 Å². The molecule has 1 amide bonds. The van der Waals surface area contributed by atoms with Crippen LogP contribution < -0.4 is 10.1 Å². The van der Waals surface area contributed by atoms with Gasteiger partial charge in [0.05, 0.1) is 33.9 Å². The van der Waals surface area contributed by atoms with Crippen LogP contribution in [0, 0.1) is 0 Å². The summed E-state index contributed by atoms with van der Waals surface area (Å²) in [5.74, 6) is 0.188. The summed E-state index contributed by atoms with van der Waals surface area (Å²) in [5, 5.41) is 5.24. The first-order valence-electron chi connectivity index (χ1n) is 13.7. The quantitative estimate of drug-likeness (QED) is 0.325. The van der Waals surface area contributed by atoms with Gasteiger partial charge in [-0.05, 0) is 53.9 Å². The number of thiazole rings is 1. The number of hydrogen-bond donors (Lipinski definition) is 1. The van der Waals surface area contributed by atoms with Crippen LogP contribution in [0.15, 0.2) is 59.5 Å². The van der Waals surface area contributed by atoms with Gasteiger partial charge in [-0.3, -0.25) is 15.0 Å². The van der Waals surface area contributed by atoms with Crippen LogP contribution in [0.5, 0.6) is 5.75 Å². The van der Waals surface area contributed by atoms with E-state index in [2.05, 4.69) is 15.2 Å². The van der Waals surface area contributed by atoms with Crippen LogP contribution >= 0.6 is 11.3 Å².